The minimum atomic E-state index is 0.0520. The van der Waals surface area contributed by atoms with Crippen molar-refractivity contribution in [1.82, 2.24) is 4.90 Å². The van der Waals surface area contributed by atoms with Crippen LogP contribution >= 0.6 is 0 Å². The molecule has 0 N–H and O–H groups in total. The Morgan fingerprint density at radius 2 is 1.30 bits per heavy atom. The summed E-state index contributed by atoms with van der Waals surface area (Å²) in [5, 5.41) is 0. The molecule has 0 bridgehead atoms. The molecule has 3 nitrogen and oxygen atoms in total. The minimum Gasteiger partial charge on any atom is -0.377 e. The molecule has 0 radical (unpaired) electrons. The van der Waals surface area contributed by atoms with Gasteiger partial charge in [-0.05, 0) is 41.8 Å². The van der Waals surface area contributed by atoms with E-state index in [1.54, 1.807) is 0 Å². The van der Waals surface area contributed by atoms with Crippen LogP contribution in [-0.4, -0.2) is 24.9 Å². The van der Waals surface area contributed by atoms with E-state index in [2.05, 4.69) is 29.2 Å². The maximum atomic E-state index is 13.3. The van der Waals surface area contributed by atoms with E-state index in [1.807, 2.05) is 80.5 Å². The van der Waals surface area contributed by atoms with Gasteiger partial charge in [0.1, 0.15) is 0 Å². The second kappa shape index (κ2) is 8.54. The summed E-state index contributed by atoms with van der Waals surface area (Å²) in [4.78, 5) is 17.3. The molecule has 138 valence electrons. The molecule has 0 spiro atoms. The molecule has 3 rings (SSSR count). The normalized spacial score (nSPS) is 10.5. The molecule has 0 saturated heterocycles. The highest BCUT2D eigenvalue weighted by atomic mass is 16.2. The summed E-state index contributed by atoms with van der Waals surface area (Å²) in [7, 11) is 4.03. The SMILES string of the molecule is Cc1cc(C(=O)N(Cc2ccccc2)Cc2ccccc2)ccc1N(C)C. The molecule has 0 aliphatic rings. The number of rotatable bonds is 6. The van der Waals surface area contributed by atoms with E-state index in [0.29, 0.717) is 13.1 Å². The zero-order chi connectivity index (χ0) is 19.2. The van der Waals surface area contributed by atoms with Crippen molar-refractivity contribution in [3.8, 4) is 0 Å². The summed E-state index contributed by atoms with van der Waals surface area (Å²) in [6.07, 6.45) is 0. The Morgan fingerprint density at radius 3 is 1.74 bits per heavy atom. The summed E-state index contributed by atoms with van der Waals surface area (Å²) < 4.78 is 0. The molecule has 3 heteroatoms. The first-order valence-corrected chi connectivity index (χ1v) is 9.19. The molecule has 3 aromatic carbocycles. The van der Waals surface area contributed by atoms with Crippen LogP contribution < -0.4 is 4.90 Å². The first-order chi connectivity index (χ1) is 13.0. The van der Waals surface area contributed by atoms with Gasteiger partial charge in [0, 0.05) is 38.4 Å². The first-order valence-electron chi connectivity index (χ1n) is 9.19. The summed E-state index contributed by atoms with van der Waals surface area (Å²) >= 11 is 0. The van der Waals surface area contributed by atoms with Gasteiger partial charge in [0.05, 0.1) is 0 Å². The topological polar surface area (TPSA) is 23.6 Å². The Morgan fingerprint density at radius 1 is 0.778 bits per heavy atom. The van der Waals surface area contributed by atoms with Crippen molar-refractivity contribution in [2.45, 2.75) is 20.0 Å². The lowest BCUT2D eigenvalue weighted by Crippen LogP contribution is -2.30. The molecule has 0 atom stereocenters. The van der Waals surface area contributed by atoms with E-state index in [-0.39, 0.29) is 5.91 Å². The quantitative estimate of drug-likeness (QED) is 0.625. The maximum absolute atomic E-state index is 13.3. The zero-order valence-corrected chi connectivity index (χ0v) is 16.2. The van der Waals surface area contributed by atoms with Gasteiger partial charge in [0.15, 0.2) is 0 Å². The predicted octanol–water partition coefficient (Wildman–Crippen LogP) is 4.90. The number of amides is 1. The standard InChI is InChI=1S/C24H26N2O/c1-19-16-22(14-15-23(19)25(2)3)24(27)26(17-20-10-6-4-7-11-20)18-21-12-8-5-9-13-21/h4-16H,17-18H2,1-3H3. The fraction of sp³-hybridized carbons (Fsp3) is 0.208. The van der Waals surface area contributed by atoms with Crippen LogP contribution in [0.4, 0.5) is 5.69 Å². The smallest absolute Gasteiger partial charge is 0.254 e. The van der Waals surface area contributed by atoms with Crippen LogP contribution in [0.15, 0.2) is 78.9 Å². The van der Waals surface area contributed by atoms with Gasteiger partial charge in [-0.3, -0.25) is 4.79 Å². The van der Waals surface area contributed by atoms with E-state index in [0.717, 1.165) is 27.9 Å². The first kappa shape index (κ1) is 18.7. The molecule has 0 saturated carbocycles. The third kappa shape index (κ3) is 4.76. The number of benzene rings is 3. The van der Waals surface area contributed by atoms with Gasteiger partial charge in [0.25, 0.3) is 5.91 Å². The van der Waals surface area contributed by atoms with Crippen LogP contribution in [-0.2, 0) is 13.1 Å². The van der Waals surface area contributed by atoms with Crippen molar-refractivity contribution < 1.29 is 4.79 Å². The van der Waals surface area contributed by atoms with Gasteiger partial charge in [-0.2, -0.15) is 0 Å². The van der Waals surface area contributed by atoms with E-state index >= 15 is 0 Å². The molecule has 0 aromatic heterocycles. The van der Waals surface area contributed by atoms with Crippen molar-refractivity contribution in [3.63, 3.8) is 0 Å². The van der Waals surface area contributed by atoms with Crippen molar-refractivity contribution in [2.75, 3.05) is 19.0 Å². The molecule has 0 unspecified atom stereocenters. The second-order valence-electron chi connectivity index (χ2n) is 7.03. The van der Waals surface area contributed by atoms with Gasteiger partial charge < -0.3 is 9.80 Å². The lowest BCUT2D eigenvalue weighted by atomic mass is 10.1. The predicted molar refractivity (Wildman–Crippen MR) is 112 cm³/mol. The number of aryl methyl sites for hydroxylation is 1. The molecule has 0 aliphatic carbocycles. The van der Waals surface area contributed by atoms with Crippen LogP contribution in [0.5, 0.6) is 0 Å². The Labute approximate surface area is 161 Å². The zero-order valence-electron chi connectivity index (χ0n) is 16.2. The van der Waals surface area contributed by atoms with Crippen molar-refractivity contribution in [1.29, 1.82) is 0 Å². The average molecular weight is 358 g/mol. The largest absolute Gasteiger partial charge is 0.377 e. The Hall–Kier alpha value is -3.07. The van der Waals surface area contributed by atoms with E-state index in [9.17, 15) is 4.79 Å². The van der Waals surface area contributed by atoms with Crippen molar-refractivity contribution >= 4 is 11.6 Å². The van der Waals surface area contributed by atoms with Gasteiger partial charge in [-0.1, -0.05) is 60.7 Å². The number of carbonyl (C=O) groups is 1. The molecule has 0 heterocycles. The third-order valence-corrected chi connectivity index (χ3v) is 4.65. The number of anilines is 1. The van der Waals surface area contributed by atoms with Crippen LogP contribution in [0.2, 0.25) is 0 Å². The molecule has 3 aromatic rings. The molecular weight excluding hydrogens is 332 g/mol. The highest BCUT2D eigenvalue weighted by Gasteiger charge is 2.18. The second-order valence-corrected chi connectivity index (χ2v) is 7.03. The van der Waals surface area contributed by atoms with Gasteiger partial charge >= 0.3 is 0 Å². The van der Waals surface area contributed by atoms with Crippen LogP contribution in [0.3, 0.4) is 0 Å². The number of carbonyl (C=O) groups excluding carboxylic acids is 1. The van der Waals surface area contributed by atoms with Crippen LogP contribution in [0.1, 0.15) is 27.0 Å². The highest BCUT2D eigenvalue weighted by Crippen LogP contribution is 2.21. The van der Waals surface area contributed by atoms with Crippen molar-refractivity contribution in [3.05, 3.63) is 101 Å². The monoisotopic (exact) mass is 358 g/mol. The van der Waals surface area contributed by atoms with E-state index < -0.39 is 0 Å². The van der Waals surface area contributed by atoms with Crippen LogP contribution in [0.25, 0.3) is 0 Å². The molecular formula is C24H26N2O. The van der Waals surface area contributed by atoms with Gasteiger partial charge in [0.2, 0.25) is 0 Å². The van der Waals surface area contributed by atoms with Crippen LogP contribution in [0, 0.1) is 6.92 Å². The fourth-order valence-corrected chi connectivity index (χ4v) is 3.28. The minimum absolute atomic E-state index is 0.0520. The Balaban J connectivity index is 1.89. The molecule has 0 fully saturated rings. The molecule has 27 heavy (non-hydrogen) atoms. The van der Waals surface area contributed by atoms with Gasteiger partial charge in [-0.15, -0.1) is 0 Å². The third-order valence-electron chi connectivity index (χ3n) is 4.65. The molecule has 0 aliphatic heterocycles. The molecule has 1 amide bonds. The lowest BCUT2D eigenvalue weighted by Gasteiger charge is -2.24. The summed E-state index contributed by atoms with van der Waals surface area (Å²) in [6, 6.07) is 26.2. The summed E-state index contributed by atoms with van der Waals surface area (Å²) in [5.41, 5.74) is 5.21. The highest BCUT2D eigenvalue weighted by molar-refractivity contribution is 5.95. The lowest BCUT2D eigenvalue weighted by molar-refractivity contribution is 0.0730. The Kier molecular flexibility index (Phi) is 5.92. The van der Waals surface area contributed by atoms with Crippen molar-refractivity contribution in [2.24, 2.45) is 0 Å². The Bertz CT molecular complexity index is 847. The number of hydrogen-bond donors (Lipinski definition) is 0. The van der Waals surface area contributed by atoms with Gasteiger partial charge in [-0.25, -0.2) is 0 Å². The summed E-state index contributed by atoms with van der Waals surface area (Å²) in [5.74, 6) is 0.0520. The fourth-order valence-electron chi connectivity index (χ4n) is 3.28. The van der Waals surface area contributed by atoms with E-state index in [1.165, 1.54) is 0 Å². The number of hydrogen-bond acceptors (Lipinski definition) is 2. The average Bonchev–Trinajstić information content (AvgIpc) is 2.68. The van der Waals surface area contributed by atoms with E-state index in [4.69, 9.17) is 0 Å². The number of nitrogens with zero attached hydrogens (tertiary/aromatic N) is 2. The summed E-state index contributed by atoms with van der Waals surface area (Å²) in [6.45, 7) is 3.22. The maximum Gasteiger partial charge on any atom is 0.254 e.